The fraction of sp³-hybridized carbons (Fsp3) is 0.0500. The average molecular weight is 403 g/mol. The molecule has 3 rings (SSSR count). The van der Waals surface area contributed by atoms with E-state index in [2.05, 4.69) is 0 Å². The Kier molecular flexibility index (Phi) is 5.77. The number of rotatable bonds is 6. The molecule has 9 heteroatoms. The lowest BCUT2D eigenvalue weighted by molar-refractivity contribution is -0.119. The first-order chi connectivity index (χ1) is 13.9. The van der Waals surface area contributed by atoms with Gasteiger partial charge in [-0.05, 0) is 36.4 Å². The molecule has 1 amide bonds. The number of halogens is 3. The van der Waals surface area contributed by atoms with Gasteiger partial charge in [0.05, 0.1) is 11.3 Å². The van der Waals surface area contributed by atoms with Gasteiger partial charge in [-0.15, -0.1) is 0 Å². The summed E-state index contributed by atoms with van der Waals surface area (Å²) in [4.78, 5) is 34.4. The highest BCUT2D eigenvalue weighted by molar-refractivity contribution is 5.95. The monoisotopic (exact) mass is 403 g/mol. The number of hydrogen-bond donors (Lipinski definition) is 1. The summed E-state index contributed by atoms with van der Waals surface area (Å²) in [6, 6.07) is 10.6. The molecule has 29 heavy (non-hydrogen) atoms. The molecule has 0 unspecified atom stereocenters. The first-order valence-electron chi connectivity index (χ1n) is 8.15. The van der Waals surface area contributed by atoms with Crippen molar-refractivity contribution in [3.63, 3.8) is 0 Å². The highest BCUT2D eigenvalue weighted by Crippen LogP contribution is 2.22. The third-order valence-corrected chi connectivity index (χ3v) is 3.79. The summed E-state index contributed by atoms with van der Waals surface area (Å²) in [5.74, 6) is -5.85. The number of amides is 1. The number of nitrogens with one attached hydrogen (secondary N) is 1. The van der Waals surface area contributed by atoms with Crippen LogP contribution in [0, 0.1) is 17.5 Å². The van der Waals surface area contributed by atoms with Gasteiger partial charge in [0.25, 0.3) is 5.91 Å². The Hall–Kier alpha value is -3.88. The van der Waals surface area contributed by atoms with Gasteiger partial charge in [0.2, 0.25) is 0 Å². The van der Waals surface area contributed by atoms with Gasteiger partial charge in [-0.3, -0.25) is 9.59 Å². The largest absolute Gasteiger partial charge is 0.453 e. The molecule has 2 aromatic carbocycles. The summed E-state index contributed by atoms with van der Waals surface area (Å²) < 4.78 is 49.6. The number of benzene rings is 2. The Balaban J connectivity index is 1.58. The van der Waals surface area contributed by atoms with Crippen molar-refractivity contribution in [1.29, 1.82) is 0 Å². The Morgan fingerprint density at radius 1 is 0.966 bits per heavy atom. The molecule has 0 fully saturated rings. The molecule has 0 bridgehead atoms. The minimum absolute atomic E-state index is 0.128. The van der Waals surface area contributed by atoms with E-state index in [9.17, 15) is 27.6 Å². The molecule has 1 N–H and O–H groups in total. The van der Waals surface area contributed by atoms with Gasteiger partial charge >= 0.3 is 5.97 Å². The van der Waals surface area contributed by atoms with Gasteiger partial charge in [-0.1, -0.05) is 12.1 Å². The fourth-order valence-electron chi connectivity index (χ4n) is 2.37. The number of carbonyl (C=O) groups is 3. The van der Waals surface area contributed by atoms with Crippen LogP contribution in [0.25, 0.3) is 11.3 Å². The molecule has 1 heterocycles. The molecule has 1 aromatic heterocycles. The van der Waals surface area contributed by atoms with E-state index in [-0.39, 0.29) is 11.3 Å². The first-order valence-corrected chi connectivity index (χ1v) is 8.15. The average Bonchev–Trinajstić information content (AvgIpc) is 3.22. The van der Waals surface area contributed by atoms with Crippen molar-refractivity contribution in [2.75, 3.05) is 11.9 Å². The predicted octanol–water partition coefficient (Wildman–Crippen LogP) is 3.97. The standard InChI is InChI=1S/C20H12F3NO5/c21-14-6-7-15(19(23)18(14)22)24-17(26)10-28-20(27)12-3-1-11(2-4-12)16-8-5-13(9-25)29-16/h1-9H,10H2,(H,24,26). The van der Waals surface area contributed by atoms with Gasteiger partial charge < -0.3 is 14.5 Å². The summed E-state index contributed by atoms with van der Waals surface area (Å²) >= 11 is 0. The smallest absolute Gasteiger partial charge is 0.338 e. The molecular formula is C20H12F3NO5. The van der Waals surface area contributed by atoms with Gasteiger partial charge in [0.1, 0.15) is 5.76 Å². The zero-order valence-electron chi connectivity index (χ0n) is 14.6. The molecule has 0 aliphatic carbocycles. The molecule has 148 valence electrons. The third-order valence-electron chi connectivity index (χ3n) is 3.79. The lowest BCUT2D eigenvalue weighted by Crippen LogP contribution is -2.21. The van der Waals surface area contributed by atoms with Crippen LogP contribution in [0.3, 0.4) is 0 Å². The van der Waals surface area contributed by atoms with Gasteiger partial charge in [-0.2, -0.15) is 0 Å². The Labute approximate surface area is 161 Å². The summed E-state index contributed by atoms with van der Waals surface area (Å²) in [5.41, 5.74) is 0.159. The second-order valence-corrected chi connectivity index (χ2v) is 5.74. The molecule has 0 saturated carbocycles. The molecular weight excluding hydrogens is 391 g/mol. The number of furan rings is 1. The maximum Gasteiger partial charge on any atom is 0.338 e. The predicted molar refractivity (Wildman–Crippen MR) is 94.8 cm³/mol. The van der Waals surface area contributed by atoms with Crippen LogP contribution < -0.4 is 5.32 Å². The highest BCUT2D eigenvalue weighted by atomic mass is 19.2. The molecule has 3 aromatic rings. The zero-order chi connectivity index (χ0) is 21.0. The summed E-state index contributed by atoms with van der Waals surface area (Å²) in [6.45, 7) is -0.764. The maximum absolute atomic E-state index is 13.5. The van der Waals surface area contributed by atoms with Crippen molar-refractivity contribution in [3.05, 3.63) is 77.3 Å². The van der Waals surface area contributed by atoms with E-state index in [4.69, 9.17) is 9.15 Å². The van der Waals surface area contributed by atoms with Crippen LogP contribution in [-0.2, 0) is 9.53 Å². The van der Waals surface area contributed by atoms with Crippen molar-refractivity contribution in [1.82, 2.24) is 0 Å². The quantitative estimate of drug-likeness (QED) is 0.382. The van der Waals surface area contributed by atoms with Crippen molar-refractivity contribution in [3.8, 4) is 11.3 Å². The Morgan fingerprint density at radius 3 is 2.34 bits per heavy atom. The van der Waals surface area contributed by atoms with Gasteiger partial charge in [0, 0.05) is 5.56 Å². The fourth-order valence-corrected chi connectivity index (χ4v) is 2.37. The van der Waals surface area contributed by atoms with Crippen LogP contribution in [0.15, 0.2) is 52.9 Å². The molecule has 0 aliphatic heterocycles. The number of hydrogen-bond acceptors (Lipinski definition) is 5. The second-order valence-electron chi connectivity index (χ2n) is 5.74. The second kappa shape index (κ2) is 8.42. The Bertz CT molecular complexity index is 1080. The molecule has 0 aliphatic rings. The lowest BCUT2D eigenvalue weighted by atomic mass is 10.1. The van der Waals surface area contributed by atoms with Crippen molar-refractivity contribution in [2.24, 2.45) is 0 Å². The number of aldehydes is 1. The van der Waals surface area contributed by atoms with Crippen LogP contribution in [0.1, 0.15) is 20.9 Å². The number of anilines is 1. The number of carbonyl (C=O) groups excluding carboxylic acids is 3. The number of ether oxygens (including phenoxy) is 1. The molecule has 0 radical (unpaired) electrons. The van der Waals surface area contributed by atoms with Crippen LogP contribution in [0.4, 0.5) is 18.9 Å². The Morgan fingerprint density at radius 2 is 1.69 bits per heavy atom. The van der Waals surface area contributed by atoms with Crippen molar-refractivity contribution in [2.45, 2.75) is 0 Å². The third kappa shape index (κ3) is 4.52. The summed E-state index contributed by atoms with van der Waals surface area (Å²) in [6.07, 6.45) is 0.562. The first kappa shape index (κ1) is 19.9. The van der Waals surface area contributed by atoms with E-state index in [0.717, 1.165) is 6.07 Å². The van der Waals surface area contributed by atoms with Crippen LogP contribution in [-0.4, -0.2) is 24.8 Å². The number of esters is 1. The van der Waals surface area contributed by atoms with Crippen LogP contribution in [0.2, 0.25) is 0 Å². The summed E-state index contributed by atoms with van der Waals surface area (Å²) in [7, 11) is 0. The van der Waals surface area contributed by atoms with E-state index in [1.165, 1.54) is 18.2 Å². The zero-order valence-corrected chi connectivity index (χ0v) is 14.6. The maximum atomic E-state index is 13.5. The van der Waals surface area contributed by atoms with E-state index in [1.807, 2.05) is 5.32 Å². The van der Waals surface area contributed by atoms with Crippen molar-refractivity contribution < 1.29 is 36.7 Å². The SMILES string of the molecule is O=Cc1ccc(-c2ccc(C(=O)OCC(=O)Nc3ccc(F)c(F)c3F)cc2)o1. The minimum atomic E-state index is -1.73. The highest BCUT2D eigenvalue weighted by Gasteiger charge is 2.16. The topological polar surface area (TPSA) is 85.6 Å². The van der Waals surface area contributed by atoms with E-state index < -0.39 is 41.6 Å². The van der Waals surface area contributed by atoms with Crippen molar-refractivity contribution >= 4 is 23.9 Å². The minimum Gasteiger partial charge on any atom is -0.453 e. The van der Waals surface area contributed by atoms with Gasteiger partial charge in [0.15, 0.2) is 36.1 Å². The molecule has 0 atom stereocenters. The van der Waals surface area contributed by atoms with E-state index >= 15 is 0 Å². The normalized spacial score (nSPS) is 10.4. The lowest BCUT2D eigenvalue weighted by Gasteiger charge is -2.08. The van der Waals surface area contributed by atoms with Crippen LogP contribution in [0.5, 0.6) is 0 Å². The molecule has 0 spiro atoms. The van der Waals surface area contributed by atoms with Gasteiger partial charge in [-0.25, -0.2) is 18.0 Å². The molecule has 6 nitrogen and oxygen atoms in total. The van der Waals surface area contributed by atoms with E-state index in [1.54, 1.807) is 18.2 Å². The summed E-state index contributed by atoms with van der Waals surface area (Å²) in [5, 5.41) is 1.98. The molecule has 0 saturated heterocycles. The van der Waals surface area contributed by atoms with E-state index in [0.29, 0.717) is 23.7 Å². The van der Waals surface area contributed by atoms with Crippen LogP contribution >= 0.6 is 0 Å².